The molecule has 5 heteroatoms. The molecular formula is C10H24N2O2S. The van der Waals surface area contributed by atoms with Gasteiger partial charge in [0.1, 0.15) is 0 Å². The highest BCUT2D eigenvalue weighted by Crippen LogP contribution is 2.11. The summed E-state index contributed by atoms with van der Waals surface area (Å²) >= 11 is 0. The van der Waals surface area contributed by atoms with Gasteiger partial charge in [-0.3, -0.25) is 0 Å². The lowest BCUT2D eigenvalue weighted by molar-refractivity contribution is 0.375. The molecule has 0 bridgehead atoms. The van der Waals surface area contributed by atoms with Gasteiger partial charge in [-0.25, -0.2) is 13.1 Å². The van der Waals surface area contributed by atoms with E-state index < -0.39 is 10.0 Å². The third-order valence-electron chi connectivity index (χ3n) is 2.29. The summed E-state index contributed by atoms with van der Waals surface area (Å²) in [6, 6.07) is 0. The molecule has 0 spiro atoms. The van der Waals surface area contributed by atoms with Crippen LogP contribution in [-0.2, 0) is 10.0 Å². The first-order chi connectivity index (χ1) is 6.68. The highest BCUT2D eigenvalue weighted by molar-refractivity contribution is 7.89. The van der Waals surface area contributed by atoms with E-state index in [1.165, 1.54) is 0 Å². The van der Waals surface area contributed by atoms with Gasteiger partial charge in [0.05, 0.1) is 5.75 Å². The minimum absolute atomic E-state index is 0.176. The fourth-order valence-electron chi connectivity index (χ4n) is 0.841. The fraction of sp³-hybridized carbons (Fsp3) is 1.00. The van der Waals surface area contributed by atoms with E-state index in [0.29, 0.717) is 25.4 Å². The van der Waals surface area contributed by atoms with Crippen molar-refractivity contribution >= 4 is 10.0 Å². The molecule has 0 amide bonds. The first kappa shape index (κ1) is 14.9. The van der Waals surface area contributed by atoms with Crippen molar-refractivity contribution in [3.05, 3.63) is 0 Å². The SMILES string of the molecule is CC(C)CCS(=O)(=O)NCC(C)(C)CN. The average molecular weight is 236 g/mol. The highest BCUT2D eigenvalue weighted by Gasteiger charge is 2.19. The molecule has 0 saturated heterocycles. The predicted octanol–water partition coefficient (Wildman–Crippen LogP) is 0.937. The zero-order valence-electron chi connectivity index (χ0n) is 10.2. The Bertz CT molecular complexity index is 271. The molecule has 3 N–H and O–H groups in total. The van der Waals surface area contributed by atoms with Gasteiger partial charge in [0.25, 0.3) is 0 Å². The van der Waals surface area contributed by atoms with Gasteiger partial charge in [0, 0.05) is 6.54 Å². The number of rotatable bonds is 7. The third-order valence-corrected chi connectivity index (χ3v) is 3.64. The zero-order chi connectivity index (χ0) is 12.1. The monoisotopic (exact) mass is 236 g/mol. The minimum atomic E-state index is -3.13. The third kappa shape index (κ3) is 7.76. The summed E-state index contributed by atoms with van der Waals surface area (Å²) in [5, 5.41) is 0. The number of hydrogen-bond donors (Lipinski definition) is 2. The molecule has 0 atom stereocenters. The van der Waals surface area contributed by atoms with Crippen molar-refractivity contribution in [1.29, 1.82) is 0 Å². The second kappa shape index (κ2) is 5.82. The summed E-state index contributed by atoms with van der Waals surface area (Å²) in [5.74, 6) is 0.606. The molecule has 0 aromatic heterocycles. The summed E-state index contributed by atoms with van der Waals surface area (Å²) in [4.78, 5) is 0. The first-order valence-electron chi connectivity index (χ1n) is 5.36. The van der Waals surface area contributed by atoms with Crippen LogP contribution < -0.4 is 10.5 Å². The van der Waals surface area contributed by atoms with Crippen molar-refractivity contribution in [2.75, 3.05) is 18.8 Å². The topological polar surface area (TPSA) is 72.2 Å². The van der Waals surface area contributed by atoms with Crippen LogP contribution in [0.5, 0.6) is 0 Å². The van der Waals surface area contributed by atoms with Gasteiger partial charge in [-0.15, -0.1) is 0 Å². The van der Waals surface area contributed by atoms with Crippen LogP contribution in [0.15, 0.2) is 0 Å². The second-order valence-electron chi connectivity index (χ2n) is 5.19. The van der Waals surface area contributed by atoms with E-state index in [1.54, 1.807) is 0 Å². The standard InChI is InChI=1S/C10H24N2O2S/c1-9(2)5-6-15(13,14)12-8-10(3,4)7-11/h9,12H,5-8,11H2,1-4H3. The Hall–Kier alpha value is -0.130. The van der Waals surface area contributed by atoms with Crippen molar-refractivity contribution in [2.24, 2.45) is 17.1 Å². The van der Waals surface area contributed by atoms with Gasteiger partial charge in [0.15, 0.2) is 0 Å². The maximum atomic E-state index is 11.5. The molecule has 4 nitrogen and oxygen atoms in total. The molecule has 0 aromatic rings. The Kier molecular flexibility index (Phi) is 5.77. The molecule has 0 aliphatic carbocycles. The molecule has 0 fully saturated rings. The second-order valence-corrected chi connectivity index (χ2v) is 7.12. The maximum Gasteiger partial charge on any atom is 0.211 e. The Morgan fingerprint density at radius 3 is 2.27 bits per heavy atom. The number of nitrogens with one attached hydrogen (secondary N) is 1. The van der Waals surface area contributed by atoms with Gasteiger partial charge < -0.3 is 5.73 Å². The highest BCUT2D eigenvalue weighted by atomic mass is 32.2. The van der Waals surface area contributed by atoms with E-state index in [4.69, 9.17) is 5.73 Å². The summed E-state index contributed by atoms with van der Waals surface area (Å²) in [5.41, 5.74) is 5.35. The summed E-state index contributed by atoms with van der Waals surface area (Å²) in [6.45, 7) is 8.79. The van der Waals surface area contributed by atoms with E-state index in [9.17, 15) is 8.42 Å². The van der Waals surface area contributed by atoms with Crippen LogP contribution in [0.1, 0.15) is 34.1 Å². The van der Waals surface area contributed by atoms with Gasteiger partial charge in [0.2, 0.25) is 10.0 Å². The van der Waals surface area contributed by atoms with Gasteiger partial charge in [-0.05, 0) is 24.3 Å². The summed E-state index contributed by atoms with van der Waals surface area (Å²) < 4.78 is 25.7. The van der Waals surface area contributed by atoms with Gasteiger partial charge in [-0.2, -0.15) is 0 Å². The minimum Gasteiger partial charge on any atom is -0.330 e. The zero-order valence-corrected chi connectivity index (χ0v) is 11.0. The fourth-order valence-corrected chi connectivity index (χ4v) is 2.38. The van der Waals surface area contributed by atoms with Crippen molar-refractivity contribution in [3.63, 3.8) is 0 Å². The summed E-state index contributed by atoms with van der Waals surface area (Å²) in [7, 11) is -3.13. The van der Waals surface area contributed by atoms with E-state index in [-0.39, 0.29) is 11.2 Å². The molecule has 0 aromatic carbocycles. The van der Waals surface area contributed by atoms with E-state index >= 15 is 0 Å². The van der Waals surface area contributed by atoms with Crippen LogP contribution in [-0.4, -0.2) is 27.3 Å². The van der Waals surface area contributed by atoms with Crippen molar-refractivity contribution < 1.29 is 8.42 Å². The lowest BCUT2D eigenvalue weighted by Crippen LogP contribution is -2.39. The van der Waals surface area contributed by atoms with E-state index in [0.717, 1.165) is 0 Å². The lowest BCUT2D eigenvalue weighted by atomic mass is 9.95. The van der Waals surface area contributed by atoms with Crippen LogP contribution >= 0.6 is 0 Å². The number of sulfonamides is 1. The Morgan fingerprint density at radius 2 is 1.87 bits per heavy atom. The van der Waals surface area contributed by atoms with Crippen LogP contribution in [0.3, 0.4) is 0 Å². The van der Waals surface area contributed by atoms with E-state index in [2.05, 4.69) is 4.72 Å². The average Bonchev–Trinajstić information content (AvgIpc) is 2.13. The van der Waals surface area contributed by atoms with Gasteiger partial charge >= 0.3 is 0 Å². The quantitative estimate of drug-likeness (QED) is 0.691. The molecule has 0 rings (SSSR count). The lowest BCUT2D eigenvalue weighted by Gasteiger charge is -2.22. The number of hydrogen-bond acceptors (Lipinski definition) is 3. The van der Waals surface area contributed by atoms with E-state index in [1.807, 2.05) is 27.7 Å². The molecule has 0 radical (unpaired) electrons. The Balaban J connectivity index is 4.05. The molecule has 92 valence electrons. The Morgan fingerprint density at radius 1 is 1.33 bits per heavy atom. The number of nitrogens with two attached hydrogens (primary N) is 1. The normalized spacial score (nSPS) is 13.5. The maximum absolute atomic E-state index is 11.5. The smallest absolute Gasteiger partial charge is 0.211 e. The predicted molar refractivity (Wildman–Crippen MR) is 64.1 cm³/mol. The molecule has 15 heavy (non-hydrogen) atoms. The molecular weight excluding hydrogens is 212 g/mol. The van der Waals surface area contributed by atoms with Crippen molar-refractivity contribution in [2.45, 2.75) is 34.1 Å². The van der Waals surface area contributed by atoms with Crippen LogP contribution in [0.25, 0.3) is 0 Å². The van der Waals surface area contributed by atoms with Gasteiger partial charge in [-0.1, -0.05) is 27.7 Å². The van der Waals surface area contributed by atoms with Crippen LogP contribution in [0, 0.1) is 11.3 Å². The first-order valence-corrected chi connectivity index (χ1v) is 7.01. The molecule has 0 unspecified atom stereocenters. The molecule has 0 aliphatic heterocycles. The van der Waals surface area contributed by atoms with Crippen LogP contribution in [0.2, 0.25) is 0 Å². The molecule has 0 saturated carbocycles. The largest absolute Gasteiger partial charge is 0.330 e. The van der Waals surface area contributed by atoms with Crippen LogP contribution in [0.4, 0.5) is 0 Å². The summed E-state index contributed by atoms with van der Waals surface area (Å²) in [6.07, 6.45) is 0.693. The molecule has 0 aliphatic rings. The van der Waals surface area contributed by atoms with Crippen molar-refractivity contribution in [1.82, 2.24) is 4.72 Å². The van der Waals surface area contributed by atoms with Crippen molar-refractivity contribution in [3.8, 4) is 0 Å². The Labute approximate surface area is 93.7 Å². The molecule has 0 heterocycles.